The van der Waals surface area contributed by atoms with Crippen LogP contribution in [-0.4, -0.2) is 235 Å². The predicted molar refractivity (Wildman–Crippen MR) is 314 cm³/mol. The molecule has 8 aliphatic rings. The summed E-state index contributed by atoms with van der Waals surface area (Å²) in [6.45, 7) is 16.9. The third-order valence-electron chi connectivity index (χ3n) is 20.2. The maximum Gasteiger partial charge on any atom is 1.00 e. The van der Waals surface area contributed by atoms with E-state index in [1.807, 2.05) is 20.8 Å². The van der Waals surface area contributed by atoms with Gasteiger partial charge in [0.25, 0.3) is 0 Å². The van der Waals surface area contributed by atoms with Crippen molar-refractivity contribution in [2.75, 3.05) is 46.9 Å². The molecule has 0 aromatic heterocycles. The minimum Gasteiger partial charge on any atom is -0.796 e. The summed E-state index contributed by atoms with van der Waals surface area (Å²) in [5.74, 6) is -3.90. The predicted octanol–water partition coefficient (Wildman–Crippen LogP) is 0.713. The van der Waals surface area contributed by atoms with E-state index in [-0.39, 0.29) is 149 Å². The Morgan fingerprint density at radius 2 is 1.34 bits per heavy atom. The zero-order valence-electron chi connectivity index (χ0n) is 53.3. The molecule has 508 valence electrons. The molecule has 5 aliphatic carbocycles. The van der Waals surface area contributed by atoms with Gasteiger partial charge in [0, 0.05) is 74.2 Å². The van der Waals surface area contributed by atoms with Gasteiger partial charge >= 0.3 is 31.4 Å². The number of ether oxygens (including phenoxy) is 7. The second-order valence-electron chi connectivity index (χ2n) is 24.8. The number of carbonyl (C=O) groups is 3. The van der Waals surface area contributed by atoms with E-state index in [0.717, 1.165) is 39.1 Å². The average Bonchev–Trinajstić information content (AvgIpc) is 0.738. The van der Waals surface area contributed by atoms with Gasteiger partial charge in [-0.05, 0) is 111 Å². The van der Waals surface area contributed by atoms with Crippen molar-refractivity contribution < 1.29 is 199 Å². The second-order valence-corrected chi connectivity index (χ2v) is 24.8. The van der Waals surface area contributed by atoms with Gasteiger partial charge in [0.15, 0.2) is 25.0 Å². The second kappa shape index (κ2) is 38.7. The van der Waals surface area contributed by atoms with Gasteiger partial charge < -0.3 is 130 Å². The number of aldehydes is 1. The Balaban J connectivity index is -0.00000321. The van der Waals surface area contributed by atoms with E-state index in [1.54, 1.807) is 6.26 Å². The van der Waals surface area contributed by atoms with Gasteiger partial charge in [0.1, 0.15) is 61.2 Å². The fourth-order valence-electron chi connectivity index (χ4n) is 15.3. The van der Waals surface area contributed by atoms with E-state index in [2.05, 4.69) is 58.1 Å². The minimum absolute atomic E-state index is 0. The maximum atomic E-state index is 13.8. The number of rotatable bonds is 14. The molecule has 26 atom stereocenters. The summed E-state index contributed by atoms with van der Waals surface area (Å²) in [5.41, 5.74) is -1.70. The molecule has 0 aromatic rings. The van der Waals surface area contributed by atoms with E-state index >= 15 is 0 Å². The molecule has 4 saturated carbocycles. The largest absolute Gasteiger partial charge is 1.00 e. The maximum absolute atomic E-state index is 13.8. The molecule has 29 heteroatoms. The van der Waals surface area contributed by atoms with Crippen LogP contribution in [0.2, 0.25) is 0 Å². The Labute approximate surface area is 581 Å². The number of hydrogen-bond donors (Lipinski definition) is 13. The van der Waals surface area contributed by atoms with Crippen molar-refractivity contribution in [1.82, 2.24) is 0 Å². The van der Waals surface area contributed by atoms with Gasteiger partial charge in [0.2, 0.25) is 0 Å². The Morgan fingerprint density at radius 3 is 1.85 bits per heavy atom. The molecule has 0 bridgehead atoms. The minimum atomic E-state index is -2.09. The third kappa shape index (κ3) is 18.4. The number of aliphatic hydroxyl groups excluding tert-OH is 11. The Hall–Kier alpha value is 1.02. The summed E-state index contributed by atoms with van der Waals surface area (Å²) in [5, 5.41) is 131. The van der Waals surface area contributed by atoms with Crippen LogP contribution in [-0.2, 0) is 140 Å². The number of aliphatic hydroxyl groups is 11. The van der Waals surface area contributed by atoms with Crippen LogP contribution in [0, 0.1) is 63.6 Å². The molecule has 15 N–H and O–H groups in total. The average molecular weight is 1550 g/mol. The number of carboxylic acids is 2. The summed E-state index contributed by atoms with van der Waals surface area (Å²) in [6, 6.07) is 0. The number of methoxy groups -OCH3 is 1. The fourth-order valence-corrected chi connectivity index (χ4v) is 15.3. The first-order valence-electron chi connectivity index (χ1n) is 28.6. The first-order valence-corrected chi connectivity index (χ1v) is 29.4. The van der Waals surface area contributed by atoms with Gasteiger partial charge in [-0.3, -0.25) is 4.79 Å². The van der Waals surface area contributed by atoms with Crippen molar-refractivity contribution in [3.05, 3.63) is 19.1 Å². The van der Waals surface area contributed by atoms with E-state index in [0.29, 0.717) is 32.1 Å². The number of fused-ring (bicyclic) bond motifs is 7. The van der Waals surface area contributed by atoms with Crippen LogP contribution in [0.5, 0.6) is 0 Å². The molecule has 2 radical (unpaired) electrons. The number of carbonyl (C=O) groups excluding carboxylic acids is 1. The quantitative estimate of drug-likeness (QED) is 0.0217. The van der Waals surface area contributed by atoms with Crippen LogP contribution in [0.3, 0.4) is 0 Å². The van der Waals surface area contributed by atoms with Crippen LogP contribution in [0.4, 0.5) is 0 Å². The Morgan fingerprint density at radius 1 is 0.770 bits per heavy atom. The molecule has 24 nitrogen and oxygen atoms in total. The molecule has 0 aromatic carbocycles. The molecule has 0 amide bonds. The molecule has 87 heavy (non-hydrogen) atoms. The van der Waals surface area contributed by atoms with Crippen LogP contribution in [0.25, 0.3) is 0 Å². The monoisotopic (exact) mass is 1560 g/mol. The van der Waals surface area contributed by atoms with Crippen molar-refractivity contribution in [3.63, 3.8) is 0 Å². The molecular formula is C58H107CdO24PRuSY-. The topological polar surface area (TPSA) is 410 Å². The summed E-state index contributed by atoms with van der Waals surface area (Å²) in [7, 11) is 2.48. The summed E-state index contributed by atoms with van der Waals surface area (Å²) < 4.78 is 41.0. The van der Waals surface area contributed by atoms with Crippen molar-refractivity contribution >= 4 is 40.8 Å². The molecule has 3 aliphatic heterocycles. The van der Waals surface area contributed by atoms with E-state index in [1.165, 1.54) is 19.6 Å². The Bertz CT molecular complexity index is 2080. The number of allylic oxidation sites excluding steroid dienone is 2. The fraction of sp³-hybridized carbons (Fsp3) is 0.897. The first kappa shape index (κ1) is 92.2. The van der Waals surface area contributed by atoms with Crippen LogP contribution in [0.1, 0.15) is 127 Å². The van der Waals surface area contributed by atoms with Crippen LogP contribution < -0.4 is 0 Å². The zero-order chi connectivity index (χ0) is 61.5. The van der Waals surface area contributed by atoms with E-state index in [4.69, 9.17) is 43.7 Å². The molecule has 8 rings (SSSR count). The number of aliphatic carboxylic acids is 2. The van der Waals surface area contributed by atoms with Gasteiger partial charge in [-0.1, -0.05) is 67.0 Å². The SMILES string of the molecule is CC.CC1(C)CC[C@]2(C(=O)O)CC[C@]3(C)C(=CC[C@@H]4[C@@]5(C)CC[C@H](O[C@@H]6O[C@H](C(=O)O)[C@@H](O)[C@H](O[C@@H]7OC[C@@H](O)[C@H](O)[C@H]7CO)[C@H]6O[C@@H]6O[C@H](CO)[C@H](O)[C@H](O)[C@H]6O)[C@@](C)(C=O)[C@@H]5CC[C@]43C)[C@@H]2C1.CO.COC[C@@H](O)[C@@H](C)O.C[S-].O.P.[CH3-].[Cd].[Ru+].[Y]. The van der Waals surface area contributed by atoms with E-state index < -0.39 is 152 Å². The van der Waals surface area contributed by atoms with Gasteiger partial charge in [-0.2, -0.15) is 16.2 Å². The van der Waals surface area contributed by atoms with Crippen molar-refractivity contribution in [1.29, 1.82) is 0 Å². The normalized spacial score (nSPS) is 42.6. The molecule has 3 saturated heterocycles. The van der Waals surface area contributed by atoms with Gasteiger partial charge in [-0.25, -0.2) is 4.79 Å². The molecular weight excluding hydrogens is 1450 g/mol. The molecule has 0 spiro atoms. The zero-order valence-corrected chi connectivity index (χ0v) is 64.1. The summed E-state index contributed by atoms with van der Waals surface area (Å²) in [6.07, 6.45) is -14.1. The third-order valence-corrected chi connectivity index (χ3v) is 20.2. The van der Waals surface area contributed by atoms with Crippen molar-refractivity contribution in [2.24, 2.45) is 56.2 Å². The van der Waals surface area contributed by atoms with Gasteiger partial charge in [-0.15, -0.1) is 0 Å². The number of hydrogen-bond acceptors (Lipinski definition) is 22. The van der Waals surface area contributed by atoms with Crippen LogP contribution >= 0.6 is 9.90 Å². The molecule has 7 fully saturated rings. The van der Waals surface area contributed by atoms with Crippen molar-refractivity contribution in [3.8, 4) is 0 Å². The smallest absolute Gasteiger partial charge is 0.796 e. The van der Waals surface area contributed by atoms with E-state index in [9.17, 15) is 65.4 Å². The number of carboxylic acid groups (broad SMARTS) is 2. The van der Waals surface area contributed by atoms with Crippen molar-refractivity contribution in [2.45, 2.75) is 225 Å². The Kier molecular flexibility index (Phi) is 41.0. The molecule has 3 heterocycles. The van der Waals surface area contributed by atoms with Gasteiger partial charge in [0.05, 0.1) is 61.5 Å². The standard InChI is InChI=1S/C48H74O19.C5H12O3.C2H6.CH4O.CH4S.CH3.Cd.H2O.H3P.Ru.Y/c1-43(2)13-15-48(42(60)61)16-14-46(5)23(24(48)17-43)7-8-28-44(3)11-10-29(45(4,21-51)27(44)9-12-47(28,46)6)64-41-37(67-40-33(56)32(55)31(54)26(19-50)63-40)35(34(57)36(66-41)38(58)59)65-39-22(18-49)30(53)25(52)20-62-39;1-4(6)5(7)3-8-2;3*1-2;;;;;;/h7,21-22,24-37,39-41,49-50,52-57H,8-20H2,1-6H3,(H,58,59)(H,60,61);4-7H,3H2,1-2H3;1-2H3;2*2H,1H3;1H3;;1H2;1H3;;/q;;;;;-1;;;;+1;/p-1/t22-,24+,25-,26-,27-,28-,29+,30-,31+,32+,33-,34+,35+,36+,37-,39+,40+,41-,44+,45+,46-,47-,48+;4-,5-;;;;;;;;;/m11........./s1. The molecule has 1 unspecified atom stereocenters. The first-order chi connectivity index (χ1) is 38.1. The summed E-state index contributed by atoms with van der Waals surface area (Å²) in [4.78, 5) is 39.8. The van der Waals surface area contributed by atoms with Crippen LogP contribution in [0.15, 0.2) is 11.6 Å². The summed E-state index contributed by atoms with van der Waals surface area (Å²) >= 11 is 4.08.